The number of likely N-dealkylation sites (tertiary alicyclic amines) is 1. The summed E-state index contributed by atoms with van der Waals surface area (Å²) in [7, 11) is 0. The summed E-state index contributed by atoms with van der Waals surface area (Å²) in [6, 6.07) is 15.3. The third-order valence-electron chi connectivity index (χ3n) is 8.13. The first-order chi connectivity index (χ1) is 21.5. The molecule has 0 aliphatic carbocycles. The highest BCUT2D eigenvalue weighted by molar-refractivity contribution is 5.76. The molecule has 2 heterocycles. The number of aliphatic hydroxyl groups excluding tert-OH is 1. The quantitative estimate of drug-likeness (QED) is 0.192. The van der Waals surface area contributed by atoms with Crippen LogP contribution in [-0.4, -0.2) is 63.8 Å². The van der Waals surface area contributed by atoms with Crippen LogP contribution < -0.4 is 5.32 Å². The molecule has 3 N–H and O–H groups in total. The summed E-state index contributed by atoms with van der Waals surface area (Å²) < 4.78 is 18.7. The van der Waals surface area contributed by atoms with Gasteiger partial charge in [0, 0.05) is 37.9 Å². The van der Waals surface area contributed by atoms with Gasteiger partial charge in [0.1, 0.15) is 11.6 Å². The fraction of sp³-hybridized carbons (Fsp3) is 0.571. The summed E-state index contributed by atoms with van der Waals surface area (Å²) in [6.07, 6.45) is 3.70. The molecule has 0 saturated carbocycles. The number of carbonyl (C=O) groups excluding carboxylic acids is 2. The largest absolute Gasteiger partial charge is 0.481 e. The Labute approximate surface area is 266 Å². The van der Waals surface area contributed by atoms with Crippen LogP contribution in [0.1, 0.15) is 107 Å². The highest BCUT2D eigenvalue weighted by Crippen LogP contribution is 2.39. The normalized spacial score (nSPS) is 22.2. The molecule has 10 nitrogen and oxygen atoms in total. The lowest BCUT2D eigenvalue weighted by atomic mass is 9.99. The molecule has 45 heavy (non-hydrogen) atoms. The molecule has 4 atom stereocenters. The number of rotatable bonds is 14. The number of ether oxygens (including phenoxy) is 3. The maximum atomic E-state index is 13.0. The van der Waals surface area contributed by atoms with Crippen LogP contribution >= 0.6 is 0 Å². The van der Waals surface area contributed by atoms with Crippen molar-refractivity contribution in [3.63, 3.8) is 0 Å². The molecule has 2 aliphatic heterocycles. The summed E-state index contributed by atoms with van der Waals surface area (Å²) in [5, 5.41) is 21.2. The second-order valence-electron chi connectivity index (χ2n) is 13.0. The van der Waals surface area contributed by atoms with E-state index in [1.165, 1.54) is 0 Å². The Kier molecular flexibility index (Phi) is 12.5. The van der Waals surface area contributed by atoms with Gasteiger partial charge in [0.15, 0.2) is 6.29 Å². The summed E-state index contributed by atoms with van der Waals surface area (Å²) in [5.41, 5.74) is 3.08. The minimum absolute atomic E-state index is 0.0270. The standard InChI is InChI=1S/C35H48N2O8/c1-35(2,3)45-33(42)29-8-7-19-37(29)22-28-20-30(26-15-13-25(23-38)14-16-26)44-34(43-28)27-17-11-24(12-18-27)21-36-31(39)9-5-4-6-10-32(40)41/h11-18,28-30,34,38H,4-10,19-23H2,1-3H3,(H,36,39)(H,40,41)/t28-,29+,30+,34+/m1/s1. The topological polar surface area (TPSA) is 135 Å². The second kappa shape index (κ2) is 16.3. The molecule has 2 fully saturated rings. The number of nitrogens with zero attached hydrogens (tertiary/aromatic N) is 1. The zero-order valence-electron chi connectivity index (χ0n) is 26.7. The van der Waals surface area contributed by atoms with E-state index in [1.54, 1.807) is 0 Å². The van der Waals surface area contributed by atoms with E-state index in [1.807, 2.05) is 69.3 Å². The number of carbonyl (C=O) groups is 3. The lowest BCUT2D eigenvalue weighted by molar-refractivity contribution is -0.253. The van der Waals surface area contributed by atoms with Gasteiger partial charge in [-0.05, 0) is 69.7 Å². The number of carboxylic acids is 1. The molecule has 4 rings (SSSR count). The number of esters is 1. The van der Waals surface area contributed by atoms with Crippen LogP contribution in [0.4, 0.5) is 0 Å². The van der Waals surface area contributed by atoms with Crippen molar-refractivity contribution in [3.8, 4) is 0 Å². The van der Waals surface area contributed by atoms with Crippen LogP contribution in [0, 0.1) is 0 Å². The Morgan fingerprint density at radius 3 is 2.27 bits per heavy atom. The van der Waals surface area contributed by atoms with Gasteiger partial charge < -0.3 is 29.7 Å². The molecule has 246 valence electrons. The van der Waals surface area contributed by atoms with Crippen LogP contribution in [0.5, 0.6) is 0 Å². The highest BCUT2D eigenvalue weighted by atomic mass is 16.7. The van der Waals surface area contributed by atoms with E-state index < -0.39 is 17.9 Å². The number of hydrogen-bond acceptors (Lipinski definition) is 8. The van der Waals surface area contributed by atoms with Gasteiger partial charge >= 0.3 is 11.9 Å². The predicted molar refractivity (Wildman–Crippen MR) is 168 cm³/mol. The van der Waals surface area contributed by atoms with Crippen molar-refractivity contribution in [2.45, 2.75) is 115 Å². The lowest BCUT2D eigenvalue weighted by Gasteiger charge is -2.38. The highest BCUT2D eigenvalue weighted by Gasteiger charge is 2.38. The van der Waals surface area contributed by atoms with Crippen molar-refractivity contribution >= 4 is 17.8 Å². The second-order valence-corrected chi connectivity index (χ2v) is 13.0. The van der Waals surface area contributed by atoms with Gasteiger partial charge in [0.2, 0.25) is 5.91 Å². The van der Waals surface area contributed by atoms with Crippen LogP contribution in [0.2, 0.25) is 0 Å². The molecule has 0 bridgehead atoms. The first kappa shape index (κ1) is 34.6. The number of nitrogens with one attached hydrogen (secondary N) is 1. The minimum Gasteiger partial charge on any atom is -0.481 e. The van der Waals surface area contributed by atoms with Crippen LogP contribution in [0.25, 0.3) is 0 Å². The fourth-order valence-electron chi connectivity index (χ4n) is 5.80. The van der Waals surface area contributed by atoms with Gasteiger partial charge in [0.25, 0.3) is 0 Å². The molecule has 2 aliphatic rings. The maximum Gasteiger partial charge on any atom is 0.323 e. The Bertz CT molecular complexity index is 1260. The zero-order chi connectivity index (χ0) is 32.4. The smallest absolute Gasteiger partial charge is 0.323 e. The third kappa shape index (κ3) is 10.9. The first-order valence-corrected chi connectivity index (χ1v) is 16.1. The van der Waals surface area contributed by atoms with Gasteiger partial charge in [-0.25, -0.2) is 0 Å². The van der Waals surface area contributed by atoms with E-state index in [0.29, 0.717) is 45.2 Å². The van der Waals surface area contributed by atoms with Gasteiger partial charge in [0.05, 0.1) is 18.8 Å². The van der Waals surface area contributed by atoms with Gasteiger partial charge in [-0.2, -0.15) is 0 Å². The Morgan fingerprint density at radius 2 is 1.60 bits per heavy atom. The Balaban J connectivity index is 1.39. The average Bonchev–Trinajstić information content (AvgIpc) is 3.47. The number of aliphatic carboxylic acids is 1. The van der Waals surface area contributed by atoms with Crippen molar-refractivity contribution in [1.29, 1.82) is 0 Å². The summed E-state index contributed by atoms with van der Waals surface area (Å²) in [5.74, 6) is -1.06. The third-order valence-corrected chi connectivity index (χ3v) is 8.13. The zero-order valence-corrected chi connectivity index (χ0v) is 26.7. The molecule has 10 heteroatoms. The number of unbranched alkanes of at least 4 members (excludes halogenated alkanes) is 2. The Hall–Kier alpha value is -3.31. The van der Waals surface area contributed by atoms with Crippen molar-refractivity contribution in [3.05, 3.63) is 70.8 Å². The summed E-state index contributed by atoms with van der Waals surface area (Å²) in [6.45, 7) is 7.40. The van der Waals surface area contributed by atoms with Crippen LogP contribution in [0.3, 0.4) is 0 Å². The molecule has 2 saturated heterocycles. The number of carboxylic acid groups (broad SMARTS) is 1. The fourth-order valence-corrected chi connectivity index (χ4v) is 5.80. The van der Waals surface area contributed by atoms with E-state index in [-0.39, 0.29) is 43.2 Å². The Morgan fingerprint density at radius 1 is 0.933 bits per heavy atom. The molecule has 0 unspecified atom stereocenters. The molecule has 2 aromatic rings. The molecule has 1 amide bonds. The molecule has 2 aromatic carbocycles. The predicted octanol–water partition coefficient (Wildman–Crippen LogP) is 5.18. The molecule has 0 spiro atoms. The molecular formula is C35H48N2O8. The van der Waals surface area contributed by atoms with Crippen molar-refractivity contribution < 1.29 is 38.8 Å². The van der Waals surface area contributed by atoms with Crippen molar-refractivity contribution in [2.75, 3.05) is 13.1 Å². The van der Waals surface area contributed by atoms with Crippen molar-refractivity contribution in [2.24, 2.45) is 0 Å². The van der Waals surface area contributed by atoms with E-state index in [2.05, 4.69) is 10.2 Å². The molecule has 0 aromatic heterocycles. The lowest BCUT2D eigenvalue weighted by Crippen LogP contribution is -2.45. The number of hydrogen-bond donors (Lipinski definition) is 3. The van der Waals surface area contributed by atoms with E-state index in [9.17, 15) is 19.5 Å². The molecular weight excluding hydrogens is 576 g/mol. The number of amides is 1. The van der Waals surface area contributed by atoms with Crippen molar-refractivity contribution in [1.82, 2.24) is 10.2 Å². The maximum absolute atomic E-state index is 13.0. The minimum atomic E-state index is -0.812. The molecule has 0 radical (unpaired) electrons. The number of benzene rings is 2. The monoisotopic (exact) mass is 624 g/mol. The SMILES string of the molecule is CC(C)(C)OC(=O)[C@@H]1CCCN1C[C@H]1C[C@@H](c2ccc(CO)cc2)O[C@@H](c2ccc(CNC(=O)CCCCCC(=O)O)cc2)O1. The van der Waals surface area contributed by atoms with E-state index in [4.69, 9.17) is 19.3 Å². The van der Waals surface area contributed by atoms with E-state index >= 15 is 0 Å². The first-order valence-electron chi connectivity index (χ1n) is 16.1. The van der Waals surface area contributed by atoms with E-state index in [0.717, 1.165) is 41.6 Å². The van der Waals surface area contributed by atoms with Gasteiger partial charge in [-0.1, -0.05) is 55.0 Å². The summed E-state index contributed by atoms with van der Waals surface area (Å²) in [4.78, 5) is 38.0. The van der Waals surface area contributed by atoms with Crippen LogP contribution in [-0.2, 0) is 41.7 Å². The average molecular weight is 625 g/mol. The van der Waals surface area contributed by atoms with Gasteiger partial charge in [-0.3, -0.25) is 19.3 Å². The van der Waals surface area contributed by atoms with Crippen LogP contribution in [0.15, 0.2) is 48.5 Å². The van der Waals surface area contributed by atoms with Gasteiger partial charge in [-0.15, -0.1) is 0 Å². The number of aliphatic hydroxyl groups is 1. The summed E-state index contributed by atoms with van der Waals surface area (Å²) >= 11 is 0.